The molecule has 2 N–H and O–H groups in total. The van der Waals surface area contributed by atoms with Gasteiger partial charge in [-0.3, -0.25) is 4.79 Å². The van der Waals surface area contributed by atoms with Crippen molar-refractivity contribution in [3.63, 3.8) is 0 Å². The molecule has 3 heteroatoms. The maximum atomic E-state index is 11.9. The third-order valence-electron chi connectivity index (χ3n) is 4.15. The van der Waals surface area contributed by atoms with Crippen molar-refractivity contribution < 1.29 is 4.79 Å². The van der Waals surface area contributed by atoms with Crippen LogP contribution in [0, 0.1) is 17.3 Å². The first-order chi connectivity index (χ1) is 7.60. The first-order valence-electron chi connectivity index (χ1n) is 6.71. The molecule has 0 aromatic rings. The number of Topliss-reactive ketones (excluding diaryl/α,β-unsaturated/α-hetero) is 1. The van der Waals surface area contributed by atoms with Gasteiger partial charge in [0.2, 0.25) is 0 Å². The van der Waals surface area contributed by atoms with Crippen LogP contribution in [0.5, 0.6) is 0 Å². The second-order valence-corrected chi connectivity index (χ2v) is 8.19. The number of carbonyl (C=O) groups is 1. The molecule has 2 nitrogen and oxygen atoms in total. The van der Waals surface area contributed by atoms with E-state index in [0.29, 0.717) is 17.8 Å². The summed E-state index contributed by atoms with van der Waals surface area (Å²) in [7, 11) is 2.45. The van der Waals surface area contributed by atoms with E-state index in [9.17, 15) is 4.79 Å². The highest BCUT2D eigenvalue weighted by molar-refractivity contribution is 7.20. The Balaban J connectivity index is 2.41. The molecule has 1 aliphatic carbocycles. The van der Waals surface area contributed by atoms with Gasteiger partial charge in [-0.15, -0.1) is 9.24 Å². The van der Waals surface area contributed by atoms with Crippen molar-refractivity contribution in [2.75, 3.05) is 0 Å². The quantitative estimate of drug-likeness (QED) is 0.788. The molecule has 2 atom stereocenters. The summed E-state index contributed by atoms with van der Waals surface area (Å²) in [5, 5.41) is -0.735. The predicted octanol–water partition coefficient (Wildman–Crippen LogP) is 3.35. The van der Waals surface area contributed by atoms with Crippen molar-refractivity contribution in [2.45, 2.75) is 65.1 Å². The molecule has 0 aromatic heterocycles. The van der Waals surface area contributed by atoms with Gasteiger partial charge in [-0.05, 0) is 49.9 Å². The monoisotopic (exact) mass is 257 g/mol. The van der Waals surface area contributed by atoms with Crippen LogP contribution in [-0.4, -0.2) is 11.1 Å². The molecule has 17 heavy (non-hydrogen) atoms. The van der Waals surface area contributed by atoms with Crippen molar-refractivity contribution in [1.29, 1.82) is 0 Å². The van der Waals surface area contributed by atoms with E-state index >= 15 is 0 Å². The minimum Gasteiger partial charge on any atom is -0.316 e. The summed E-state index contributed by atoms with van der Waals surface area (Å²) < 4.78 is 0. The largest absolute Gasteiger partial charge is 0.316 e. The van der Waals surface area contributed by atoms with Crippen LogP contribution >= 0.6 is 9.24 Å². The molecule has 0 saturated heterocycles. The summed E-state index contributed by atoms with van der Waals surface area (Å²) in [4.78, 5) is 11.9. The minimum absolute atomic E-state index is 0.182. The van der Waals surface area contributed by atoms with Crippen molar-refractivity contribution in [2.24, 2.45) is 23.0 Å². The van der Waals surface area contributed by atoms with E-state index in [2.05, 4.69) is 30.0 Å². The molecule has 0 aliphatic heterocycles. The van der Waals surface area contributed by atoms with Gasteiger partial charge in [0, 0.05) is 6.42 Å². The average Bonchev–Trinajstić information content (AvgIpc) is 2.15. The molecule has 1 fully saturated rings. The second-order valence-electron chi connectivity index (χ2n) is 6.99. The summed E-state index contributed by atoms with van der Waals surface area (Å²) in [5.74, 6) is 1.56. The van der Waals surface area contributed by atoms with Crippen molar-refractivity contribution in [3.8, 4) is 0 Å². The van der Waals surface area contributed by atoms with Gasteiger partial charge in [0.1, 0.15) is 0 Å². The molecule has 0 bridgehead atoms. The zero-order chi connectivity index (χ0) is 13.3. The van der Waals surface area contributed by atoms with E-state index in [1.54, 1.807) is 6.92 Å². The zero-order valence-corrected chi connectivity index (χ0v) is 12.9. The highest BCUT2D eigenvalue weighted by Gasteiger charge is 2.32. The van der Waals surface area contributed by atoms with Gasteiger partial charge in [0.15, 0.2) is 5.78 Å². The normalized spacial score (nSPS) is 29.8. The molecule has 0 radical (unpaired) electrons. The lowest BCUT2D eigenvalue weighted by atomic mass is 9.69. The topological polar surface area (TPSA) is 43.1 Å². The van der Waals surface area contributed by atoms with Crippen LogP contribution in [0.15, 0.2) is 0 Å². The molecule has 0 heterocycles. The fourth-order valence-corrected chi connectivity index (χ4v) is 2.83. The minimum atomic E-state index is -0.735. The van der Waals surface area contributed by atoms with E-state index < -0.39 is 5.28 Å². The number of rotatable bonds is 3. The standard InChI is InChI=1S/C14H28NOP/c1-13(2,3)11-7-5-10(6-8-11)9-12(16)14(4,15)17/h10-11H,5-9,15,17H2,1-4H3. The van der Waals surface area contributed by atoms with Gasteiger partial charge >= 0.3 is 0 Å². The molecular weight excluding hydrogens is 229 g/mol. The Labute approximate surface area is 108 Å². The number of hydrogen-bond donors (Lipinski definition) is 1. The molecule has 0 amide bonds. The zero-order valence-electron chi connectivity index (χ0n) is 11.8. The highest BCUT2D eigenvalue weighted by Crippen LogP contribution is 2.41. The lowest BCUT2D eigenvalue weighted by Crippen LogP contribution is -2.39. The third kappa shape index (κ3) is 4.67. The maximum absolute atomic E-state index is 11.9. The number of hydrogen-bond acceptors (Lipinski definition) is 2. The molecule has 0 spiro atoms. The Kier molecular flexibility index (Phi) is 4.77. The molecular formula is C14H28NOP. The van der Waals surface area contributed by atoms with Crippen LogP contribution in [0.3, 0.4) is 0 Å². The fourth-order valence-electron chi connectivity index (χ4n) is 2.71. The Morgan fingerprint density at radius 1 is 1.18 bits per heavy atom. The van der Waals surface area contributed by atoms with Crippen molar-refractivity contribution in [3.05, 3.63) is 0 Å². The van der Waals surface area contributed by atoms with Crippen LogP contribution in [0.4, 0.5) is 0 Å². The van der Waals surface area contributed by atoms with Gasteiger partial charge < -0.3 is 5.73 Å². The lowest BCUT2D eigenvalue weighted by molar-refractivity contribution is -0.122. The molecule has 1 aliphatic rings. The summed E-state index contributed by atoms with van der Waals surface area (Å²) in [6.45, 7) is 8.75. The molecule has 1 rings (SSSR count). The van der Waals surface area contributed by atoms with Crippen molar-refractivity contribution >= 4 is 15.0 Å². The Morgan fingerprint density at radius 2 is 1.65 bits per heavy atom. The van der Waals surface area contributed by atoms with Crippen LogP contribution in [-0.2, 0) is 4.79 Å². The van der Waals surface area contributed by atoms with Crippen molar-refractivity contribution in [1.82, 2.24) is 0 Å². The Bertz CT molecular complexity index is 267. The van der Waals surface area contributed by atoms with Gasteiger partial charge in [-0.25, -0.2) is 0 Å². The summed E-state index contributed by atoms with van der Waals surface area (Å²) in [6, 6.07) is 0. The summed E-state index contributed by atoms with van der Waals surface area (Å²) in [6.07, 6.45) is 5.56. The van der Waals surface area contributed by atoms with E-state index in [4.69, 9.17) is 5.73 Å². The van der Waals surface area contributed by atoms with Crippen LogP contribution < -0.4 is 5.73 Å². The van der Waals surface area contributed by atoms with Gasteiger partial charge in [0.25, 0.3) is 0 Å². The van der Waals surface area contributed by atoms with E-state index in [1.807, 2.05) is 0 Å². The Morgan fingerprint density at radius 3 is 2.00 bits per heavy atom. The molecule has 2 unspecified atom stereocenters. The smallest absolute Gasteiger partial charge is 0.156 e. The van der Waals surface area contributed by atoms with Gasteiger partial charge in [0.05, 0.1) is 5.28 Å². The number of carbonyl (C=O) groups excluding carboxylic acids is 1. The van der Waals surface area contributed by atoms with Crippen LogP contribution in [0.25, 0.3) is 0 Å². The maximum Gasteiger partial charge on any atom is 0.156 e. The highest BCUT2D eigenvalue weighted by atomic mass is 31.0. The SMILES string of the molecule is CC(N)(P)C(=O)CC1CCC(C(C)(C)C)CC1. The lowest BCUT2D eigenvalue weighted by Gasteiger charge is -2.37. The number of nitrogens with two attached hydrogens (primary N) is 1. The third-order valence-corrected chi connectivity index (χ3v) is 4.47. The van der Waals surface area contributed by atoms with E-state index in [-0.39, 0.29) is 5.78 Å². The average molecular weight is 257 g/mol. The first kappa shape index (κ1) is 15.1. The Hall–Kier alpha value is 0.0600. The van der Waals surface area contributed by atoms with Crippen LogP contribution in [0.1, 0.15) is 59.8 Å². The summed E-state index contributed by atoms with van der Waals surface area (Å²) >= 11 is 0. The van der Waals surface area contributed by atoms with E-state index in [0.717, 1.165) is 5.92 Å². The second kappa shape index (κ2) is 5.36. The molecule has 1 saturated carbocycles. The summed E-state index contributed by atoms with van der Waals surface area (Å²) in [5.41, 5.74) is 6.22. The van der Waals surface area contributed by atoms with E-state index in [1.165, 1.54) is 25.7 Å². The molecule has 0 aromatic carbocycles. The van der Waals surface area contributed by atoms with Gasteiger partial charge in [-0.2, -0.15) is 0 Å². The van der Waals surface area contributed by atoms with Crippen LogP contribution in [0.2, 0.25) is 0 Å². The molecule has 100 valence electrons. The predicted molar refractivity (Wildman–Crippen MR) is 76.8 cm³/mol. The fraction of sp³-hybridized carbons (Fsp3) is 0.929. The first-order valence-corrected chi connectivity index (χ1v) is 7.29. The van der Waals surface area contributed by atoms with Gasteiger partial charge in [-0.1, -0.05) is 20.8 Å². The number of ketones is 1.